The number of unbranched alkanes of at least 4 members (excludes halogenated alkanes) is 10. The van der Waals surface area contributed by atoms with Crippen LogP contribution >= 0.6 is 11.8 Å². The van der Waals surface area contributed by atoms with Crippen LogP contribution in [0.5, 0.6) is 0 Å². The minimum absolute atomic E-state index is 0.0119. The van der Waals surface area contributed by atoms with Crippen LogP contribution in [0.1, 0.15) is 169 Å². The fourth-order valence-corrected chi connectivity index (χ4v) is 6.36. The number of ether oxygens (including phenoxy) is 2. The van der Waals surface area contributed by atoms with Gasteiger partial charge in [-0.25, -0.2) is 0 Å². The van der Waals surface area contributed by atoms with Crippen LogP contribution in [0.2, 0.25) is 0 Å². The van der Waals surface area contributed by atoms with Gasteiger partial charge in [0.25, 0.3) is 5.24 Å². The molecule has 0 radical (unpaired) electrons. The average Bonchev–Trinajstić information content (AvgIpc) is 3.00. The van der Waals surface area contributed by atoms with Crippen molar-refractivity contribution in [3.63, 3.8) is 0 Å². The van der Waals surface area contributed by atoms with Gasteiger partial charge >= 0.3 is 11.9 Å². The lowest BCUT2D eigenvalue weighted by Crippen LogP contribution is -2.31. The molecule has 1 unspecified atom stereocenters. The zero-order valence-corrected chi connectivity index (χ0v) is 31.2. The number of carbonyl (C=O) groups is 3. The summed E-state index contributed by atoms with van der Waals surface area (Å²) in [6.45, 7) is 10.7. The summed E-state index contributed by atoms with van der Waals surface area (Å²) in [5, 5.41) is 0.0491. The first-order chi connectivity index (χ1) is 21.8. The van der Waals surface area contributed by atoms with Gasteiger partial charge in [-0.05, 0) is 84.7 Å². The highest BCUT2D eigenvalue weighted by Crippen LogP contribution is 2.18. The van der Waals surface area contributed by atoms with Gasteiger partial charge < -0.3 is 19.3 Å². The fraction of sp³-hybridized carbons (Fsp3) is 0.919. The second-order valence-electron chi connectivity index (χ2n) is 13.0. The summed E-state index contributed by atoms with van der Waals surface area (Å²) in [6.07, 6.45) is 21.6. The summed E-state index contributed by atoms with van der Waals surface area (Å²) in [7, 11) is 4.01. The van der Waals surface area contributed by atoms with Crippen molar-refractivity contribution in [3.05, 3.63) is 0 Å². The van der Waals surface area contributed by atoms with Crippen LogP contribution in [0, 0.1) is 0 Å². The summed E-state index contributed by atoms with van der Waals surface area (Å²) >= 11 is 1.34. The number of hydrogen-bond donors (Lipinski definition) is 0. The normalized spacial score (nSPS) is 12.1. The smallest absolute Gasteiger partial charge is 0.306 e. The standard InChI is InChI=1S/C37H72N2O5S/c1-7-11-15-19-26-34(25-18-14-10-4)44-36(41)28-22-30-39(37(42)45-32-31-38(5)6)29-21-20-27-35(40)43-33(23-16-12-8-2)24-17-13-9-3/h33-34H,7-32H2,1-6H3. The number of esters is 2. The molecule has 0 spiro atoms. The number of carbonyl (C=O) groups excluding carboxylic acids is 3. The number of amides is 1. The minimum atomic E-state index is -0.144. The molecule has 0 bridgehead atoms. The molecule has 7 nitrogen and oxygen atoms in total. The summed E-state index contributed by atoms with van der Waals surface area (Å²) in [4.78, 5) is 42.4. The Hall–Kier alpha value is -1.28. The molecule has 0 saturated heterocycles. The van der Waals surface area contributed by atoms with Gasteiger partial charge in [-0.15, -0.1) is 0 Å². The Labute approximate surface area is 282 Å². The molecule has 0 aliphatic rings. The van der Waals surface area contributed by atoms with E-state index in [1.54, 1.807) is 0 Å². The van der Waals surface area contributed by atoms with Gasteiger partial charge in [-0.1, -0.05) is 97.2 Å². The third-order valence-corrected chi connectivity index (χ3v) is 9.15. The largest absolute Gasteiger partial charge is 0.462 e. The maximum atomic E-state index is 13.1. The van der Waals surface area contributed by atoms with E-state index in [4.69, 9.17) is 9.47 Å². The Morgan fingerprint density at radius 2 is 0.956 bits per heavy atom. The van der Waals surface area contributed by atoms with Crippen LogP contribution in [0.4, 0.5) is 4.79 Å². The van der Waals surface area contributed by atoms with Gasteiger partial charge in [0, 0.05) is 38.2 Å². The molecular weight excluding hydrogens is 584 g/mol. The number of hydrogen-bond acceptors (Lipinski definition) is 7. The second kappa shape index (κ2) is 31.3. The van der Waals surface area contributed by atoms with E-state index in [-0.39, 0.29) is 29.4 Å². The lowest BCUT2D eigenvalue weighted by Gasteiger charge is -2.23. The number of thioether (sulfide) groups is 1. The van der Waals surface area contributed by atoms with Gasteiger partial charge in [0.15, 0.2) is 0 Å². The van der Waals surface area contributed by atoms with Crippen LogP contribution in [0.15, 0.2) is 0 Å². The monoisotopic (exact) mass is 657 g/mol. The van der Waals surface area contributed by atoms with E-state index in [0.717, 1.165) is 89.3 Å². The maximum Gasteiger partial charge on any atom is 0.306 e. The summed E-state index contributed by atoms with van der Waals surface area (Å²) in [5.41, 5.74) is 0. The SMILES string of the molecule is CCCCCCC(CCCCC)OC(=O)CCCN(CCCCC(=O)OC(CCCCC)CCCCC)C(=O)SCCN(C)C. The predicted octanol–water partition coefficient (Wildman–Crippen LogP) is 10.2. The molecule has 0 N–H and O–H groups in total. The third-order valence-electron chi connectivity index (χ3n) is 8.25. The zero-order valence-electron chi connectivity index (χ0n) is 30.4. The Balaban J connectivity index is 4.84. The first kappa shape index (κ1) is 43.7. The molecule has 0 aliphatic heterocycles. The van der Waals surface area contributed by atoms with E-state index in [1.165, 1.54) is 50.3 Å². The maximum absolute atomic E-state index is 13.1. The second-order valence-corrected chi connectivity index (χ2v) is 14.1. The van der Waals surface area contributed by atoms with Crippen molar-refractivity contribution in [2.75, 3.05) is 39.5 Å². The molecule has 0 aliphatic carbocycles. The van der Waals surface area contributed by atoms with Crippen LogP contribution in [0.25, 0.3) is 0 Å². The molecular formula is C37H72N2O5S. The Kier molecular flexibility index (Phi) is 30.4. The summed E-state index contributed by atoms with van der Waals surface area (Å²) in [5.74, 6) is 0.470. The van der Waals surface area contributed by atoms with Crippen molar-refractivity contribution in [3.8, 4) is 0 Å². The molecule has 0 aromatic rings. The van der Waals surface area contributed by atoms with Gasteiger partial charge in [0.05, 0.1) is 0 Å². The molecule has 0 fully saturated rings. The average molecular weight is 657 g/mol. The first-order valence-electron chi connectivity index (χ1n) is 18.7. The number of nitrogens with zero attached hydrogens (tertiary/aromatic N) is 2. The lowest BCUT2D eigenvalue weighted by molar-refractivity contribution is -0.151. The van der Waals surface area contributed by atoms with Crippen LogP contribution < -0.4 is 0 Å². The fourth-order valence-electron chi connectivity index (χ4n) is 5.37. The summed E-state index contributed by atoms with van der Waals surface area (Å²) in [6, 6.07) is 0. The van der Waals surface area contributed by atoms with Crippen molar-refractivity contribution >= 4 is 28.9 Å². The summed E-state index contributed by atoms with van der Waals surface area (Å²) < 4.78 is 11.8. The first-order valence-corrected chi connectivity index (χ1v) is 19.7. The molecule has 0 rings (SSSR count). The molecule has 0 heterocycles. The van der Waals surface area contributed by atoms with Crippen molar-refractivity contribution in [2.45, 2.75) is 181 Å². The molecule has 0 saturated carbocycles. The van der Waals surface area contributed by atoms with Crippen LogP contribution in [0.3, 0.4) is 0 Å². The molecule has 266 valence electrons. The van der Waals surface area contributed by atoms with Crippen molar-refractivity contribution < 1.29 is 23.9 Å². The quantitative estimate of drug-likeness (QED) is 0.0543. The molecule has 0 aromatic heterocycles. The highest BCUT2D eigenvalue weighted by molar-refractivity contribution is 8.13. The van der Waals surface area contributed by atoms with Crippen LogP contribution in [-0.4, -0.2) is 78.7 Å². The minimum Gasteiger partial charge on any atom is -0.462 e. The van der Waals surface area contributed by atoms with E-state index < -0.39 is 0 Å². The highest BCUT2D eigenvalue weighted by atomic mass is 32.2. The third kappa shape index (κ3) is 27.5. The van der Waals surface area contributed by atoms with E-state index in [2.05, 4.69) is 32.6 Å². The highest BCUT2D eigenvalue weighted by Gasteiger charge is 2.18. The molecule has 45 heavy (non-hydrogen) atoms. The topological polar surface area (TPSA) is 76.1 Å². The van der Waals surface area contributed by atoms with Gasteiger partial charge in [0.2, 0.25) is 0 Å². The number of rotatable bonds is 31. The van der Waals surface area contributed by atoms with E-state index in [9.17, 15) is 14.4 Å². The van der Waals surface area contributed by atoms with Gasteiger partial charge in [-0.3, -0.25) is 14.4 Å². The van der Waals surface area contributed by atoms with Crippen LogP contribution in [-0.2, 0) is 19.1 Å². The molecule has 1 atom stereocenters. The lowest BCUT2D eigenvalue weighted by atomic mass is 10.0. The zero-order chi connectivity index (χ0) is 33.5. The molecule has 1 amide bonds. The Morgan fingerprint density at radius 1 is 0.533 bits per heavy atom. The van der Waals surface area contributed by atoms with Crippen molar-refractivity contribution in [2.24, 2.45) is 0 Å². The van der Waals surface area contributed by atoms with Crippen molar-refractivity contribution in [1.29, 1.82) is 0 Å². The van der Waals surface area contributed by atoms with E-state index in [0.29, 0.717) is 38.8 Å². The van der Waals surface area contributed by atoms with E-state index in [1.807, 2.05) is 19.0 Å². The predicted molar refractivity (Wildman–Crippen MR) is 192 cm³/mol. The Morgan fingerprint density at radius 3 is 1.42 bits per heavy atom. The van der Waals surface area contributed by atoms with Crippen molar-refractivity contribution in [1.82, 2.24) is 9.80 Å². The molecule has 0 aromatic carbocycles. The van der Waals surface area contributed by atoms with Gasteiger partial charge in [0.1, 0.15) is 12.2 Å². The Bertz CT molecular complexity index is 711. The van der Waals surface area contributed by atoms with Gasteiger partial charge in [-0.2, -0.15) is 0 Å². The van der Waals surface area contributed by atoms with E-state index >= 15 is 0 Å². The molecule has 8 heteroatoms.